The lowest BCUT2D eigenvalue weighted by Crippen LogP contribution is -2.11. The number of thiazole rings is 1. The summed E-state index contributed by atoms with van der Waals surface area (Å²) in [5.41, 5.74) is -3.46. The van der Waals surface area contributed by atoms with Crippen molar-refractivity contribution < 1.29 is 35.9 Å². The zero-order valence-corrected chi connectivity index (χ0v) is 13.3. The zero-order valence-electron chi connectivity index (χ0n) is 12.5. The second kappa shape index (κ2) is 6.90. The van der Waals surface area contributed by atoms with Crippen LogP contribution in [0.25, 0.3) is 0 Å². The molecule has 2 rings (SSSR count). The molecule has 25 heavy (non-hydrogen) atoms. The minimum atomic E-state index is -4.95. The molecule has 0 aliphatic carbocycles. The molecule has 136 valence electrons. The molecule has 0 atom stereocenters. The first-order valence-electron chi connectivity index (χ1n) is 6.70. The van der Waals surface area contributed by atoms with Gasteiger partial charge in [0, 0.05) is 11.1 Å². The first-order valence-corrected chi connectivity index (χ1v) is 7.58. The smallest absolute Gasteiger partial charge is 0.416 e. The van der Waals surface area contributed by atoms with Crippen molar-refractivity contribution >= 4 is 28.1 Å². The highest BCUT2D eigenvalue weighted by molar-refractivity contribution is 7.14. The number of benzene rings is 1. The van der Waals surface area contributed by atoms with Crippen LogP contribution in [0.4, 0.5) is 37.2 Å². The molecule has 0 fully saturated rings. The summed E-state index contributed by atoms with van der Waals surface area (Å²) in [5.74, 6) is -0.744. The Hall–Kier alpha value is -2.30. The number of rotatable bonds is 4. The quantitative estimate of drug-likeness (QED) is 0.589. The van der Waals surface area contributed by atoms with Crippen molar-refractivity contribution in [2.75, 3.05) is 11.9 Å². The van der Waals surface area contributed by atoms with Crippen molar-refractivity contribution in [2.24, 2.45) is 0 Å². The van der Waals surface area contributed by atoms with Gasteiger partial charge in [0.2, 0.25) is 0 Å². The molecule has 0 saturated carbocycles. The number of nitrogens with zero attached hydrogens (tertiary/aromatic N) is 1. The van der Waals surface area contributed by atoms with Crippen molar-refractivity contribution in [1.82, 2.24) is 4.98 Å². The molecule has 0 radical (unpaired) electrons. The van der Waals surface area contributed by atoms with E-state index in [4.69, 9.17) is 4.74 Å². The summed E-state index contributed by atoms with van der Waals surface area (Å²) in [5, 5.41) is 3.58. The van der Waals surface area contributed by atoms with Gasteiger partial charge >= 0.3 is 18.3 Å². The summed E-state index contributed by atoms with van der Waals surface area (Å²) in [7, 11) is 0. The van der Waals surface area contributed by atoms with Gasteiger partial charge in [0.1, 0.15) is 0 Å². The maximum absolute atomic E-state index is 12.8. The molecule has 0 saturated heterocycles. The number of nitrogens with one attached hydrogen (secondary N) is 1. The van der Waals surface area contributed by atoms with E-state index in [2.05, 4.69) is 10.3 Å². The lowest BCUT2D eigenvalue weighted by molar-refractivity contribution is -0.143. The van der Waals surface area contributed by atoms with Crippen LogP contribution in [0.5, 0.6) is 0 Å². The first kappa shape index (κ1) is 19.0. The molecule has 0 spiro atoms. The zero-order chi connectivity index (χ0) is 18.8. The Morgan fingerprint density at radius 2 is 1.68 bits per heavy atom. The third-order valence-corrected chi connectivity index (χ3v) is 3.59. The lowest BCUT2D eigenvalue weighted by Gasteiger charge is -2.14. The number of aromatic nitrogens is 1. The monoisotopic (exact) mass is 384 g/mol. The van der Waals surface area contributed by atoms with E-state index in [0.29, 0.717) is 12.1 Å². The van der Waals surface area contributed by atoms with Crippen LogP contribution in [0, 0.1) is 0 Å². The van der Waals surface area contributed by atoms with E-state index < -0.39 is 35.1 Å². The highest BCUT2D eigenvalue weighted by Crippen LogP contribution is 2.38. The van der Waals surface area contributed by atoms with Crippen LogP contribution in [0.3, 0.4) is 0 Å². The van der Waals surface area contributed by atoms with Crippen molar-refractivity contribution in [1.29, 1.82) is 0 Å². The highest BCUT2D eigenvalue weighted by atomic mass is 32.1. The fourth-order valence-electron chi connectivity index (χ4n) is 1.78. The Morgan fingerprint density at radius 3 is 2.16 bits per heavy atom. The predicted molar refractivity (Wildman–Crippen MR) is 77.8 cm³/mol. The van der Waals surface area contributed by atoms with Gasteiger partial charge in [-0.15, -0.1) is 11.3 Å². The minimum Gasteiger partial charge on any atom is -0.461 e. The van der Waals surface area contributed by atoms with Crippen LogP contribution in [0.1, 0.15) is 28.5 Å². The van der Waals surface area contributed by atoms with E-state index in [1.807, 2.05) is 0 Å². The number of hydrogen-bond donors (Lipinski definition) is 1. The summed E-state index contributed by atoms with van der Waals surface area (Å²) in [6.07, 6.45) is -9.90. The second-order valence-corrected chi connectivity index (χ2v) is 5.54. The lowest BCUT2D eigenvalue weighted by atomic mass is 10.1. The predicted octanol–water partition coefficient (Wildman–Crippen LogP) is 5.10. The number of halogens is 6. The minimum absolute atomic E-state index is 0.0249. The molecule has 0 bridgehead atoms. The Morgan fingerprint density at radius 1 is 1.12 bits per heavy atom. The molecule has 2 aromatic rings. The van der Waals surface area contributed by atoms with Gasteiger partial charge in [0.05, 0.1) is 17.7 Å². The van der Waals surface area contributed by atoms with Crippen molar-refractivity contribution in [2.45, 2.75) is 19.3 Å². The second-order valence-electron chi connectivity index (χ2n) is 4.68. The summed E-state index contributed by atoms with van der Waals surface area (Å²) in [6, 6.07) is 1.08. The number of carbonyl (C=O) groups is 1. The summed E-state index contributed by atoms with van der Waals surface area (Å²) < 4.78 is 81.5. The standard InChI is InChI=1S/C14H10F6N2O2S/c1-2-24-11(23)10-6-25-12(22-10)21-9-4-7(13(15,16)17)3-8(5-9)14(18,19)20/h3-6H,2H2,1H3,(H,21,22). The topological polar surface area (TPSA) is 51.2 Å². The van der Waals surface area contributed by atoms with Crippen LogP contribution in [-0.2, 0) is 17.1 Å². The maximum atomic E-state index is 12.8. The van der Waals surface area contributed by atoms with Crippen LogP contribution in [0.2, 0.25) is 0 Å². The van der Waals surface area contributed by atoms with Crippen LogP contribution >= 0.6 is 11.3 Å². The molecule has 0 aliphatic rings. The summed E-state index contributed by atoms with van der Waals surface area (Å²) >= 11 is 0.840. The van der Waals surface area contributed by atoms with E-state index in [0.717, 1.165) is 11.3 Å². The van der Waals surface area contributed by atoms with E-state index in [1.165, 1.54) is 5.38 Å². The van der Waals surface area contributed by atoms with Gasteiger partial charge in [-0.1, -0.05) is 0 Å². The normalized spacial score (nSPS) is 12.1. The molecule has 0 unspecified atom stereocenters. The Balaban J connectivity index is 2.34. The Kier molecular flexibility index (Phi) is 5.26. The van der Waals surface area contributed by atoms with Gasteiger partial charge < -0.3 is 10.1 Å². The van der Waals surface area contributed by atoms with Gasteiger partial charge in [-0.2, -0.15) is 26.3 Å². The molecular weight excluding hydrogens is 374 g/mol. The third-order valence-electron chi connectivity index (χ3n) is 2.83. The molecule has 1 N–H and O–H groups in total. The van der Waals surface area contributed by atoms with Gasteiger partial charge in [0.25, 0.3) is 0 Å². The van der Waals surface area contributed by atoms with Crippen molar-refractivity contribution in [3.05, 3.63) is 40.4 Å². The fraction of sp³-hybridized carbons (Fsp3) is 0.286. The fourth-order valence-corrected chi connectivity index (χ4v) is 2.48. The number of anilines is 2. The molecule has 11 heteroatoms. The molecule has 0 amide bonds. The number of esters is 1. The Labute approximate surface area is 141 Å². The summed E-state index contributed by atoms with van der Waals surface area (Å²) in [4.78, 5) is 15.3. The largest absolute Gasteiger partial charge is 0.461 e. The van der Waals surface area contributed by atoms with E-state index >= 15 is 0 Å². The average Bonchev–Trinajstić information content (AvgIpc) is 2.94. The van der Waals surface area contributed by atoms with Gasteiger partial charge in [-0.25, -0.2) is 9.78 Å². The molecule has 1 aromatic carbocycles. The number of hydrogen-bond acceptors (Lipinski definition) is 5. The summed E-state index contributed by atoms with van der Waals surface area (Å²) in [6.45, 7) is 1.67. The van der Waals surface area contributed by atoms with Gasteiger partial charge in [-0.05, 0) is 25.1 Å². The van der Waals surface area contributed by atoms with Gasteiger partial charge in [-0.3, -0.25) is 0 Å². The van der Waals surface area contributed by atoms with Gasteiger partial charge in [0.15, 0.2) is 10.8 Å². The van der Waals surface area contributed by atoms with Crippen LogP contribution in [-0.4, -0.2) is 17.6 Å². The molecule has 1 heterocycles. The SMILES string of the molecule is CCOC(=O)c1csc(Nc2cc(C(F)(F)F)cc(C(F)(F)F)c2)n1. The molecular formula is C14H10F6N2O2S. The number of carbonyl (C=O) groups excluding carboxylic acids is 1. The van der Waals surface area contributed by atoms with Crippen molar-refractivity contribution in [3.63, 3.8) is 0 Å². The number of ether oxygens (including phenoxy) is 1. The van der Waals surface area contributed by atoms with Crippen LogP contribution in [0.15, 0.2) is 23.6 Å². The third kappa shape index (κ3) is 4.84. The van der Waals surface area contributed by atoms with E-state index in [9.17, 15) is 31.1 Å². The molecule has 4 nitrogen and oxygen atoms in total. The molecule has 1 aromatic heterocycles. The van der Waals surface area contributed by atoms with Crippen LogP contribution < -0.4 is 5.32 Å². The van der Waals surface area contributed by atoms with Crippen molar-refractivity contribution in [3.8, 4) is 0 Å². The Bertz CT molecular complexity index is 737. The highest BCUT2D eigenvalue weighted by Gasteiger charge is 2.37. The first-order chi connectivity index (χ1) is 11.5. The van der Waals surface area contributed by atoms with E-state index in [-0.39, 0.29) is 23.5 Å². The number of alkyl halides is 6. The maximum Gasteiger partial charge on any atom is 0.416 e. The van der Waals surface area contributed by atoms with E-state index in [1.54, 1.807) is 6.92 Å². The molecule has 0 aliphatic heterocycles. The average molecular weight is 384 g/mol.